The molecule has 0 saturated carbocycles. The maximum atomic E-state index is 12.4. The molecule has 0 spiro atoms. The van der Waals surface area contributed by atoms with Crippen molar-refractivity contribution >= 4 is 11.9 Å². The van der Waals surface area contributed by atoms with Crippen LogP contribution in [0.4, 0.5) is 5.95 Å². The van der Waals surface area contributed by atoms with Crippen LogP contribution < -0.4 is 10.1 Å². The van der Waals surface area contributed by atoms with E-state index >= 15 is 0 Å². The third-order valence-corrected chi connectivity index (χ3v) is 3.81. The number of rotatable bonds is 6. The summed E-state index contributed by atoms with van der Waals surface area (Å²) in [6.07, 6.45) is 2.75. The van der Waals surface area contributed by atoms with Gasteiger partial charge in [-0.15, -0.1) is 0 Å². The minimum atomic E-state index is -0.704. The van der Waals surface area contributed by atoms with Crippen molar-refractivity contribution in [3.8, 4) is 11.8 Å². The first-order chi connectivity index (χ1) is 12.7. The zero-order valence-corrected chi connectivity index (χ0v) is 14.3. The molecule has 1 atom stereocenters. The van der Waals surface area contributed by atoms with Crippen LogP contribution in [0.25, 0.3) is 0 Å². The number of nitrogens with zero attached hydrogens (tertiary/aromatic N) is 3. The Morgan fingerprint density at radius 3 is 2.65 bits per heavy atom. The number of nitriles is 1. The highest BCUT2D eigenvalue weighted by Crippen LogP contribution is 2.15. The summed E-state index contributed by atoms with van der Waals surface area (Å²) < 4.78 is 7.49. The third-order valence-electron chi connectivity index (χ3n) is 3.81. The van der Waals surface area contributed by atoms with Gasteiger partial charge in [-0.2, -0.15) is 5.26 Å². The first-order valence-corrected chi connectivity index (χ1v) is 8.18. The quantitative estimate of drug-likeness (QED) is 0.743. The van der Waals surface area contributed by atoms with Gasteiger partial charge < -0.3 is 9.30 Å². The Bertz CT molecular complexity index is 911. The van der Waals surface area contributed by atoms with Crippen LogP contribution in [0, 0.1) is 11.3 Å². The van der Waals surface area contributed by atoms with Crippen molar-refractivity contribution in [3.63, 3.8) is 0 Å². The Kier molecular flexibility index (Phi) is 5.30. The molecule has 0 aliphatic rings. The standard InChI is InChI=1S/C20H18N4O2/c1-15(26-18-9-7-16(13-21)8-10-18)19(25)23-20-22-11-12-24(20)14-17-5-3-2-4-6-17/h2-12,15H,14H2,1H3,(H,22,23,25)/t15-/m1/s1. The number of carbonyl (C=O) groups excluding carboxylic acids is 1. The highest BCUT2D eigenvalue weighted by Gasteiger charge is 2.17. The lowest BCUT2D eigenvalue weighted by Gasteiger charge is -2.15. The van der Waals surface area contributed by atoms with Crippen LogP contribution in [0.5, 0.6) is 5.75 Å². The lowest BCUT2D eigenvalue weighted by molar-refractivity contribution is -0.122. The van der Waals surface area contributed by atoms with E-state index in [2.05, 4.69) is 10.3 Å². The van der Waals surface area contributed by atoms with E-state index in [0.29, 0.717) is 23.8 Å². The average molecular weight is 346 g/mol. The van der Waals surface area contributed by atoms with Crippen LogP contribution in [0.2, 0.25) is 0 Å². The molecular formula is C20H18N4O2. The van der Waals surface area contributed by atoms with E-state index in [1.165, 1.54) is 0 Å². The molecule has 130 valence electrons. The van der Waals surface area contributed by atoms with Gasteiger partial charge in [0.15, 0.2) is 6.10 Å². The fraction of sp³-hybridized carbons (Fsp3) is 0.150. The lowest BCUT2D eigenvalue weighted by Crippen LogP contribution is -2.31. The second kappa shape index (κ2) is 7.99. The molecule has 1 heterocycles. The van der Waals surface area contributed by atoms with Crippen LogP contribution in [0.3, 0.4) is 0 Å². The highest BCUT2D eigenvalue weighted by molar-refractivity contribution is 5.92. The van der Waals surface area contributed by atoms with E-state index in [-0.39, 0.29) is 5.91 Å². The maximum Gasteiger partial charge on any atom is 0.267 e. The Morgan fingerprint density at radius 2 is 1.96 bits per heavy atom. The number of ether oxygens (including phenoxy) is 1. The van der Waals surface area contributed by atoms with E-state index in [1.54, 1.807) is 37.4 Å². The number of carbonyl (C=O) groups is 1. The minimum absolute atomic E-state index is 0.296. The van der Waals surface area contributed by atoms with E-state index in [0.717, 1.165) is 5.56 Å². The first-order valence-electron chi connectivity index (χ1n) is 8.18. The van der Waals surface area contributed by atoms with Gasteiger partial charge in [0, 0.05) is 12.4 Å². The van der Waals surface area contributed by atoms with Gasteiger partial charge in [-0.3, -0.25) is 10.1 Å². The molecular weight excluding hydrogens is 328 g/mol. The molecule has 0 unspecified atom stereocenters. The van der Waals surface area contributed by atoms with Crippen molar-refractivity contribution < 1.29 is 9.53 Å². The molecule has 6 nitrogen and oxygen atoms in total. The fourth-order valence-electron chi connectivity index (χ4n) is 2.42. The van der Waals surface area contributed by atoms with Crippen molar-refractivity contribution in [2.75, 3.05) is 5.32 Å². The van der Waals surface area contributed by atoms with Gasteiger partial charge in [-0.05, 0) is 36.8 Å². The van der Waals surface area contributed by atoms with Gasteiger partial charge in [0.2, 0.25) is 5.95 Å². The molecule has 0 saturated heterocycles. The Labute approximate surface area is 151 Å². The molecule has 1 amide bonds. The van der Waals surface area contributed by atoms with Crippen LogP contribution in [-0.2, 0) is 11.3 Å². The van der Waals surface area contributed by atoms with E-state index in [1.807, 2.05) is 47.2 Å². The zero-order valence-electron chi connectivity index (χ0n) is 14.3. The number of benzene rings is 2. The summed E-state index contributed by atoms with van der Waals surface area (Å²) in [4.78, 5) is 16.6. The second-order valence-electron chi connectivity index (χ2n) is 5.75. The van der Waals surface area contributed by atoms with Crippen molar-refractivity contribution in [1.82, 2.24) is 9.55 Å². The summed E-state index contributed by atoms with van der Waals surface area (Å²) in [6.45, 7) is 2.28. The summed E-state index contributed by atoms with van der Waals surface area (Å²) in [7, 11) is 0. The SMILES string of the molecule is C[C@@H](Oc1ccc(C#N)cc1)C(=O)Nc1nccn1Cc1ccccc1. The van der Waals surface area contributed by atoms with Gasteiger partial charge in [-0.1, -0.05) is 30.3 Å². The number of aromatic nitrogens is 2. The van der Waals surface area contributed by atoms with Crippen LogP contribution in [0.15, 0.2) is 67.0 Å². The van der Waals surface area contributed by atoms with E-state index in [4.69, 9.17) is 10.00 Å². The van der Waals surface area contributed by atoms with Gasteiger partial charge in [-0.25, -0.2) is 4.98 Å². The molecule has 0 aliphatic heterocycles. The number of hydrogen-bond acceptors (Lipinski definition) is 4. The third kappa shape index (κ3) is 4.28. The average Bonchev–Trinajstić information content (AvgIpc) is 3.09. The monoisotopic (exact) mass is 346 g/mol. The van der Waals surface area contributed by atoms with Crippen molar-refractivity contribution in [2.24, 2.45) is 0 Å². The summed E-state index contributed by atoms with van der Waals surface area (Å²) in [6, 6.07) is 18.6. The lowest BCUT2D eigenvalue weighted by atomic mass is 10.2. The van der Waals surface area contributed by atoms with Crippen LogP contribution >= 0.6 is 0 Å². The Hall–Kier alpha value is -3.59. The maximum absolute atomic E-state index is 12.4. The highest BCUT2D eigenvalue weighted by atomic mass is 16.5. The van der Waals surface area contributed by atoms with Crippen molar-refractivity contribution in [3.05, 3.63) is 78.1 Å². The van der Waals surface area contributed by atoms with E-state index in [9.17, 15) is 4.79 Å². The largest absolute Gasteiger partial charge is 0.481 e. The topological polar surface area (TPSA) is 79.9 Å². The second-order valence-corrected chi connectivity index (χ2v) is 5.75. The van der Waals surface area contributed by atoms with Crippen LogP contribution in [-0.4, -0.2) is 21.6 Å². The summed E-state index contributed by atoms with van der Waals surface area (Å²) in [5, 5.41) is 11.6. The van der Waals surface area contributed by atoms with Gasteiger partial charge in [0.05, 0.1) is 18.2 Å². The van der Waals surface area contributed by atoms with Crippen molar-refractivity contribution in [2.45, 2.75) is 19.6 Å². The number of hydrogen-bond donors (Lipinski definition) is 1. The Balaban J connectivity index is 1.62. The number of imidazole rings is 1. The molecule has 1 N–H and O–H groups in total. The summed E-state index contributed by atoms with van der Waals surface area (Å²) in [5.74, 6) is 0.697. The molecule has 3 rings (SSSR count). The minimum Gasteiger partial charge on any atom is -0.481 e. The fourth-order valence-corrected chi connectivity index (χ4v) is 2.42. The molecule has 1 aromatic heterocycles. The summed E-state index contributed by atoms with van der Waals surface area (Å²) in [5.41, 5.74) is 1.65. The smallest absolute Gasteiger partial charge is 0.267 e. The molecule has 0 aliphatic carbocycles. The van der Waals surface area contributed by atoms with Crippen LogP contribution in [0.1, 0.15) is 18.1 Å². The Morgan fingerprint density at radius 1 is 1.23 bits per heavy atom. The number of anilines is 1. The van der Waals surface area contributed by atoms with Gasteiger partial charge in [0.25, 0.3) is 5.91 Å². The number of amides is 1. The molecule has 3 aromatic rings. The van der Waals surface area contributed by atoms with Gasteiger partial charge >= 0.3 is 0 Å². The van der Waals surface area contributed by atoms with Gasteiger partial charge in [0.1, 0.15) is 5.75 Å². The predicted octanol–water partition coefficient (Wildman–Crippen LogP) is 3.21. The zero-order chi connectivity index (χ0) is 18.4. The molecule has 6 heteroatoms. The van der Waals surface area contributed by atoms with E-state index < -0.39 is 6.10 Å². The number of nitrogens with one attached hydrogen (secondary N) is 1. The summed E-state index contributed by atoms with van der Waals surface area (Å²) >= 11 is 0. The first kappa shape index (κ1) is 17.2. The van der Waals surface area contributed by atoms with Crippen molar-refractivity contribution in [1.29, 1.82) is 5.26 Å². The molecule has 0 radical (unpaired) electrons. The molecule has 2 aromatic carbocycles. The molecule has 26 heavy (non-hydrogen) atoms. The normalized spacial score (nSPS) is 11.4. The molecule has 0 bridgehead atoms. The molecule has 0 fully saturated rings. The predicted molar refractivity (Wildman–Crippen MR) is 97.6 cm³/mol.